The van der Waals surface area contributed by atoms with Crippen molar-refractivity contribution in [2.45, 2.75) is 45.6 Å². The van der Waals surface area contributed by atoms with Crippen molar-refractivity contribution in [3.8, 4) is 0 Å². The topological polar surface area (TPSA) is 12.0 Å². The van der Waals surface area contributed by atoms with Gasteiger partial charge in [-0.15, -0.1) is 0 Å². The smallest absolute Gasteiger partial charge is 0.0291 e. The van der Waals surface area contributed by atoms with E-state index in [1.54, 1.807) is 0 Å². The van der Waals surface area contributed by atoms with Gasteiger partial charge in [0.15, 0.2) is 0 Å². The monoisotopic (exact) mass is 277 g/mol. The van der Waals surface area contributed by atoms with Crippen molar-refractivity contribution in [3.05, 3.63) is 35.4 Å². The van der Waals surface area contributed by atoms with Gasteiger partial charge in [-0.2, -0.15) is 11.8 Å². The van der Waals surface area contributed by atoms with Gasteiger partial charge in [-0.1, -0.05) is 37.6 Å². The zero-order chi connectivity index (χ0) is 13.5. The number of thioether (sulfide) groups is 1. The lowest BCUT2D eigenvalue weighted by Crippen LogP contribution is -2.25. The number of aryl methyl sites for hydroxylation is 1. The summed E-state index contributed by atoms with van der Waals surface area (Å²) >= 11 is 2.10. The largest absolute Gasteiger partial charge is 0.310 e. The van der Waals surface area contributed by atoms with Crippen LogP contribution in [-0.4, -0.2) is 18.1 Å². The molecule has 0 amide bonds. The van der Waals surface area contributed by atoms with Gasteiger partial charge in [-0.3, -0.25) is 0 Å². The highest BCUT2D eigenvalue weighted by Gasteiger charge is 2.16. The summed E-state index contributed by atoms with van der Waals surface area (Å²) in [6, 6.07) is 9.67. The quantitative estimate of drug-likeness (QED) is 0.791. The minimum absolute atomic E-state index is 0.478. The Balaban J connectivity index is 1.79. The number of rotatable bonds is 7. The summed E-state index contributed by atoms with van der Waals surface area (Å²) in [5.41, 5.74) is 2.90. The van der Waals surface area contributed by atoms with Crippen LogP contribution >= 0.6 is 11.8 Å². The number of benzene rings is 1. The van der Waals surface area contributed by atoms with Crippen molar-refractivity contribution in [1.82, 2.24) is 5.32 Å². The van der Waals surface area contributed by atoms with Crippen molar-refractivity contribution in [3.63, 3.8) is 0 Å². The summed E-state index contributed by atoms with van der Waals surface area (Å²) in [7, 11) is 0. The van der Waals surface area contributed by atoms with Crippen molar-refractivity contribution in [2.75, 3.05) is 18.1 Å². The zero-order valence-electron chi connectivity index (χ0n) is 12.3. The Morgan fingerprint density at radius 1 is 1.32 bits per heavy atom. The Morgan fingerprint density at radius 3 is 2.74 bits per heavy atom. The van der Waals surface area contributed by atoms with Gasteiger partial charge >= 0.3 is 0 Å². The minimum atomic E-state index is 0.478. The molecule has 2 unspecified atom stereocenters. The Labute approximate surface area is 122 Å². The van der Waals surface area contributed by atoms with Crippen LogP contribution in [0.1, 0.15) is 50.3 Å². The van der Waals surface area contributed by atoms with Crippen LogP contribution in [0.4, 0.5) is 0 Å². The Hall–Kier alpha value is -0.470. The molecule has 1 saturated heterocycles. The number of unbranched alkanes of at least 4 members (excludes halogenated alkanes) is 1. The second kappa shape index (κ2) is 7.96. The van der Waals surface area contributed by atoms with Gasteiger partial charge in [0.25, 0.3) is 0 Å². The highest BCUT2D eigenvalue weighted by Crippen LogP contribution is 2.23. The fourth-order valence-electron chi connectivity index (χ4n) is 2.56. The molecule has 0 spiro atoms. The van der Waals surface area contributed by atoms with E-state index in [2.05, 4.69) is 55.2 Å². The molecular formula is C17H27NS. The molecule has 2 atom stereocenters. The highest BCUT2D eigenvalue weighted by atomic mass is 32.2. The SMILES string of the molecule is CCCCc1ccc(C(C)NCC2CCSC2)cc1. The first-order chi connectivity index (χ1) is 9.29. The Morgan fingerprint density at radius 2 is 2.11 bits per heavy atom. The molecule has 19 heavy (non-hydrogen) atoms. The molecule has 2 rings (SSSR count). The molecule has 0 aliphatic carbocycles. The molecule has 1 aliphatic heterocycles. The van der Waals surface area contributed by atoms with Crippen LogP contribution < -0.4 is 5.32 Å². The summed E-state index contributed by atoms with van der Waals surface area (Å²) < 4.78 is 0. The first-order valence-corrected chi connectivity index (χ1v) is 8.85. The maximum Gasteiger partial charge on any atom is 0.0291 e. The van der Waals surface area contributed by atoms with Gasteiger partial charge in [0.2, 0.25) is 0 Å². The average molecular weight is 277 g/mol. The number of hydrogen-bond acceptors (Lipinski definition) is 2. The van der Waals surface area contributed by atoms with Crippen molar-refractivity contribution in [2.24, 2.45) is 5.92 Å². The van der Waals surface area contributed by atoms with E-state index >= 15 is 0 Å². The third-order valence-corrected chi connectivity index (χ3v) is 5.27. The Kier molecular flexibility index (Phi) is 6.25. The van der Waals surface area contributed by atoms with Crippen LogP contribution in [0.3, 0.4) is 0 Å². The molecule has 106 valence electrons. The van der Waals surface area contributed by atoms with E-state index in [1.165, 1.54) is 54.9 Å². The zero-order valence-corrected chi connectivity index (χ0v) is 13.1. The van der Waals surface area contributed by atoms with E-state index in [1.807, 2.05) is 0 Å². The van der Waals surface area contributed by atoms with Crippen LogP contribution in [0.15, 0.2) is 24.3 Å². The number of nitrogens with one attached hydrogen (secondary N) is 1. The molecule has 1 aromatic rings. The fraction of sp³-hybridized carbons (Fsp3) is 0.647. The molecule has 1 heterocycles. The average Bonchev–Trinajstić information content (AvgIpc) is 2.96. The third kappa shape index (κ3) is 4.85. The molecule has 0 bridgehead atoms. The molecule has 2 heteroatoms. The van der Waals surface area contributed by atoms with Crippen LogP contribution in [0.25, 0.3) is 0 Å². The van der Waals surface area contributed by atoms with E-state index in [0.29, 0.717) is 6.04 Å². The molecule has 1 nitrogen and oxygen atoms in total. The predicted octanol–water partition coefficient (Wildman–Crippen LogP) is 4.43. The second-order valence-corrected chi connectivity index (χ2v) is 6.85. The highest BCUT2D eigenvalue weighted by molar-refractivity contribution is 7.99. The molecule has 1 N–H and O–H groups in total. The van der Waals surface area contributed by atoms with Crippen LogP contribution in [0, 0.1) is 5.92 Å². The fourth-order valence-corrected chi connectivity index (χ4v) is 3.84. The van der Waals surface area contributed by atoms with Crippen molar-refractivity contribution in [1.29, 1.82) is 0 Å². The lowest BCUT2D eigenvalue weighted by Gasteiger charge is -2.17. The summed E-state index contributed by atoms with van der Waals surface area (Å²) in [6.07, 6.45) is 5.18. The molecule has 0 aromatic heterocycles. The normalized spacial score (nSPS) is 20.6. The molecule has 1 aromatic carbocycles. The molecule has 1 aliphatic rings. The predicted molar refractivity (Wildman–Crippen MR) is 86.9 cm³/mol. The summed E-state index contributed by atoms with van der Waals surface area (Å²) in [5, 5.41) is 3.69. The van der Waals surface area contributed by atoms with Gasteiger partial charge in [0, 0.05) is 6.04 Å². The molecular weight excluding hydrogens is 250 g/mol. The molecule has 0 saturated carbocycles. The van der Waals surface area contributed by atoms with Crippen LogP contribution in [-0.2, 0) is 6.42 Å². The first-order valence-electron chi connectivity index (χ1n) is 7.69. The van der Waals surface area contributed by atoms with Gasteiger partial charge < -0.3 is 5.32 Å². The van der Waals surface area contributed by atoms with Crippen molar-refractivity contribution < 1.29 is 0 Å². The van der Waals surface area contributed by atoms with Crippen LogP contribution in [0.2, 0.25) is 0 Å². The Bertz CT molecular complexity index is 354. The second-order valence-electron chi connectivity index (χ2n) is 5.70. The summed E-state index contributed by atoms with van der Waals surface area (Å²) in [5.74, 6) is 3.58. The summed E-state index contributed by atoms with van der Waals surface area (Å²) in [4.78, 5) is 0. The number of hydrogen-bond donors (Lipinski definition) is 1. The van der Waals surface area contributed by atoms with E-state index in [-0.39, 0.29) is 0 Å². The van der Waals surface area contributed by atoms with Gasteiger partial charge in [-0.05, 0) is 61.3 Å². The lowest BCUT2D eigenvalue weighted by molar-refractivity contribution is 0.477. The van der Waals surface area contributed by atoms with Gasteiger partial charge in [0.05, 0.1) is 0 Å². The third-order valence-electron chi connectivity index (χ3n) is 4.04. The summed E-state index contributed by atoms with van der Waals surface area (Å²) in [6.45, 7) is 5.70. The van der Waals surface area contributed by atoms with Gasteiger partial charge in [0.1, 0.15) is 0 Å². The first kappa shape index (κ1) is 14.9. The maximum atomic E-state index is 3.69. The lowest BCUT2D eigenvalue weighted by atomic mass is 10.0. The van der Waals surface area contributed by atoms with E-state index in [4.69, 9.17) is 0 Å². The standard InChI is InChI=1S/C17H27NS/c1-3-4-5-15-6-8-17(9-7-15)14(2)18-12-16-10-11-19-13-16/h6-9,14,16,18H,3-5,10-13H2,1-2H3. The molecule has 1 fully saturated rings. The molecule has 0 radical (unpaired) electrons. The maximum absolute atomic E-state index is 3.69. The van der Waals surface area contributed by atoms with E-state index in [0.717, 1.165) is 5.92 Å². The van der Waals surface area contributed by atoms with Crippen molar-refractivity contribution >= 4 is 11.8 Å². The van der Waals surface area contributed by atoms with Crippen LogP contribution in [0.5, 0.6) is 0 Å². The van der Waals surface area contributed by atoms with Gasteiger partial charge in [-0.25, -0.2) is 0 Å². The van der Waals surface area contributed by atoms with E-state index < -0.39 is 0 Å². The van der Waals surface area contributed by atoms with E-state index in [9.17, 15) is 0 Å². The minimum Gasteiger partial charge on any atom is -0.310 e.